The number of anilines is 1. The first kappa shape index (κ1) is 15.0. The minimum absolute atomic E-state index is 0.0785. The molecule has 0 spiro atoms. The molecule has 0 amide bonds. The molecule has 2 aliphatic heterocycles. The molecule has 4 rings (SSSR count). The molecule has 1 aromatic carbocycles. The molecular weight excluding hydrogens is 310 g/mol. The minimum Gasteiger partial charge on any atom is -0.357 e. The van der Waals surface area contributed by atoms with Crippen LogP contribution in [0.1, 0.15) is 12.0 Å². The lowest BCUT2D eigenvalue weighted by Gasteiger charge is -2.19. The van der Waals surface area contributed by atoms with Crippen molar-refractivity contribution in [2.45, 2.75) is 12.5 Å². The third kappa shape index (κ3) is 3.10. The molecule has 2 aliphatic rings. The average molecular weight is 325 g/mol. The summed E-state index contributed by atoms with van der Waals surface area (Å²) in [5.74, 6) is 0. The Bertz CT molecular complexity index is 947. The van der Waals surface area contributed by atoms with Gasteiger partial charge in [-0.15, -0.1) is 0 Å². The summed E-state index contributed by atoms with van der Waals surface area (Å²) in [6, 6.07) is 15.9. The van der Waals surface area contributed by atoms with E-state index in [0.29, 0.717) is 12.0 Å². The van der Waals surface area contributed by atoms with E-state index in [-0.39, 0.29) is 6.04 Å². The number of allylic oxidation sites excluding steroid dienone is 2. The predicted molar refractivity (Wildman–Crippen MR) is 98.5 cm³/mol. The van der Waals surface area contributed by atoms with Gasteiger partial charge >= 0.3 is 0 Å². The Hall–Kier alpha value is -3.52. The number of nitrogens with zero attached hydrogens (tertiary/aromatic N) is 4. The SMILES string of the molecule is N#CC1=C2CC(N=C1)C(Nc1ccncc1)=CC(c1ccccc1)=N2. The van der Waals surface area contributed by atoms with Gasteiger partial charge < -0.3 is 5.32 Å². The van der Waals surface area contributed by atoms with Gasteiger partial charge in [0.2, 0.25) is 0 Å². The lowest BCUT2D eigenvalue weighted by Crippen LogP contribution is -2.19. The number of aliphatic imine (C=N–C) groups is 2. The van der Waals surface area contributed by atoms with Crippen molar-refractivity contribution in [2.24, 2.45) is 9.98 Å². The second-order valence-electron chi connectivity index (χ2n) is 5.79. The zero-order valence-electron chi connectivity index (χ0n) is 13.4. The number of pyridine rings is 1. The van der Waals surface area contributed by atoms with Crippen LogP contribution >= 0.6 is 0 Å². The zero-order chi connectivity index (χ0) is 17.1. The van der Waals surface area contributed by atoms with Crippen molar-refractivity contribution in [1.82, 2.24) is 4.98 Å². The largest absolute Gasteiger partial charge is 0.357 e. The molecular formula is C20H15N5. The molecule has 3 heterocycles. The van der Waals surface area contributed by atoms with Gasteiger partial charge in [-0.3, -0.25) is 15.0 Å². The monoisotopic (exact) mass is 325 g/mol. The van der Waals surface area contributed by atoms with Crippen LogP contribution in [0, 0.1) is 11.3 Å². The number of aromatic nitrogens is 1. The maximum absolute atomic E-state index is 9.34. The molecule has 1 N–H and O–H groups in total. The quantitative estimate of drug-likeness (QED) is 0.938. The standard InChI is InChI=1S/C20H15N5/c21-12-15-13-23-19-10-18(15)25-17(14-4-2-1-3-5-14)11-20(19)24-16-6-8-22-9-7-16/h1-9,11,13,19H,10H2,(H,22,24). The molecule has 5 nitrogen and oxygen atoms in total. The molecule has 0 radical (unpaired) electrons. The summed E-state index contributed by atoms with van der Waals surface area (Å²) >= 11 is 0. The molecule has 120 valence electrons. The molecule has 1 atom stereocenters. The lowest BCUT2D eigenvalue weighted by molar-refractivity contribution is 0.754. The Kier molecular flexibility index (Phi) is 3.93. The summed E-state index contributed by atoms with van der Waals surface area (Å²) in [7, 11) is 0. The van der Waals surface area contributed by atoms with Crippen molar-refractivity contribution in [3.05, 3.63) is 83.5 Å². The predicted octanol–water partition coefficient (Wildman–Crippen LogP) is 3.50. The number of fused-ring (bicyclic) bond motifs is 2. The summed E-state index contributed by atoms with van der Waals surface area (Å²) in [4.78, 5) is 13.4. The number of hydrogen-bond acceptors (Lipinski definition) is 5. The maximum Gasteiger partial charge on any atom is 0.103 e. The number of nitriles is 1. The molecule has 2 aromatic rings. The third-order valence-electron chi connectivity index (χ3n) is 4.15. The summed E-state index contributed by atoms with van der Waals surface area (Å²) < 4.78 is 0. The van der Waals surface area contributed by atoms with Gasteiger partial charge in [-0.05, 0) is 18.2 Å². The normalized spacial score (nSPS) is 18.8. The van der Waals surface area contributed by atoms with E-state index in [2.05, 4.69) is 21.4 Å². The summed E-state index contributed by atoms with van der Waals surface area (Å²) in [5, 5.41) is 12.8. The van der Waals surface area contributed by atoms with E-state index < -0.39 is 0 Å². The fourth-order valence-electron chi connectivity index (χ4n) is 2.87. The smallest absolute Gasteiger partial charge is 0.103 e. The Balaban J connectivity index is 1.79. The Labute approximate surface area is 145 Å². The molecule has 1 unspecified atom stereocenters. The average Bonchev–Trinajstić information content (AvgIpc) is 2.81. The van der Waals surface area contributed by atoms with Crippen molar-refractivity contribution in [1.29, 1.82) is 5.26 Å². The molecule has 1 aromatic heterocycles. The minimum atomic E-state index is -0.0785. The summed E-state index contributed by atoms with van der Waals surface area (Å²) in [6.07, 6.45) is 7.75. The van der Waals surface area contributed by atoms with E-state index in [4.69, 9.17) is 4.99 Å². The van der Waals surface area contributed by atoms with Crippen LogP contribution in [0.25, 0.3) is 0 Å². The Morgan fingerprint density at radius 1 is 1.08 bits per heavy atom. The van der Waals surface area contributed by atoms with Crippen LogP contribution in [0.5, 0.6) is 0 Å². The molecule has 2 bridgehead atoms. The fourth-order valence-corrected chi connectivity index (χ4v) is 2.87. The maximum atomic E-state index is 9.34. The topological polar surface area (TPSA) is 73.4 Å². The zero-order valence-corrected chi connectivity index (χ0v) is 13.4. The van der Waals surface area contributed by atoms with Gasteiger partial charge in [0.1, 0.15) is 6.07 Å². The van der Waals surface area contributed by atoms with E-state index in [1.54, 1.807) is 18.6 Å². The van der Waals surface area contributed by atoms with Gasteiger partial charge in [0, 0.05) is 42.0 Å². The second kappa shape index (κ2) is 6.54. The van der Waals surface area contributed by atoms with Gasteiger partial charge in [-0.2, -0.15) is 5.26 Å². The van der Waals surface area contributed by atoms with Crippen molar-refractivity contribution < 1.29 is 0 Å². The fraction of sp³-hybridized carbons (Fsp3) is 0.100. The number of nitrogens with one attached hydrogen (secondary N) is 1. The van der Waals surface area contributed by atoms with E-state index in [9.17, 15) is 5.26 Å². The van der Waals surface area contributed by atoms with Gasteiger partial charge in [0.05, 0.1) is 23.0 Å². The number of hydrogen-bond donors (Lipinski definition) is 1. The van der Waals surface area contributed by atoms with Crippen molar-refractivity contribution >= 4 is 17.6 Å². The van der Waals surface area contributed by atoms with Gasteiger partial charge in [0.15, 0.2) is 0 Å². The number of dihydropyridines is 1. The van der Waals surface area contributed by atoms with Crippen LogP contribution in [0.2, 0.25) is 0 Å². The lowest BCUT2D eigenvalue weighted by atomic mass is 10.0. The molecule has 0 saturated carbocycles. The highest BCUT2D eigenvalue weighted by molar-refractivity contribution is 6.10. The third-order valence-corrected chi connectivity index (χ3v) is 4.15. The van der Waals surface area contributed by atoms with Crippen LogP contribution in [0.15, 0.2) is 87.9 Å². The van der Waals surface area contributed by atoms with Crippen LogP contribution in [-0.4, -0.2) is 23.0 Å². The molecule has 0 saturated heterocycles. The second-order valence-corrected chi connectivity index (χ2v) is 5.79. The summed E-state index contributed by atoms with van der Waals surface area (Å²) in [5.41, 5.74) is 5.05. The van der Waals surface area contributed by atoms with Gasteiger partial charge in [-0.1, -0.05) is 30.3 Å². The van der Waals surface area contributed by atoms with E-state index in [0.717, 1.165) is 28.4 Å². The van der Waals surface area contributed by atoms with E-state index in [1.165, 1.54) is 0 Å². The molecule has 5 heteroatoms. The van der Waals surface area contributed by atoms with Crippen molar-refractivity contribution in [2.75, 3.05) is 5.32 Å². The van der Waals surface area contributed by atoms with Crippen LogP contribution < -0.4 is 5.32 Å². The highest BCUT2D eigenvalue weighted by atomic mass is 15.0. The highest BCUT2D eigenvalue weighted by Gasteiger charge is 2.25. The summed E-state index contributed by atoms with van der Waals surface area (Å²) in [6.45, 7) is 0. The van der Waals surface area contributed by atoms with Crippen LogP contribution in [0.3, 0.4) is 0 Å². The van der Waals surface area contributed by atoms with Crippen LogP contribution in [-0.2, 0) is 0 Å². The molecule has 25 heavy (non-hydrogen) atoms. The van der Waals surface area contributed by atoms with Crippen molar-refractivity contribution in [3.63, 3.8) is 0 Å². The first-order chi connectivity index (χ1) is 12.3. The van der Waals surface area contributed by atoms with Crippen molar-refractivity contribution in [3.8, 4) is 6.07 Å². The molecule has 0 aliphatic carbocycles. The Morgan fingerprint density at radius 2 is 1.88 bits per heavy atom. The van der Waals surface area contributed by atoms with Gasteiger partial charge in [0.25, 0.3) is 0 Å². The van der Waals surface area contributed by atoms with Gasteiger partial charge in [-0.25, -0.2) is 0 Å². The molecule has 0 fully saturated rings. The number of benzene rings is 1. The highest BCUT2D eigenvalue weighted by Crippen LogP contribution is 2.28. The van der Waals surface area contributed by atoms with Crippen LogP contribution in [0.4, 0.5) is 5.69 Å². The number of rotatable bonds is 3. The van der Waals surface area contributed by atoms with E-state index >= 15 is 0 Å². The first-order valence-electron chi connectivity index (χ1n) is 8.02. The Morgan fingerprint density at radius 3 is 2.64 bits per heavy atom. The first-order valence-corrected chi connectivity index (χ1v) is 8.02. The van der Waals surface area contributed by atoms with E-state index in [1.807, 2.05) is 48.5 Å².